The number of carbonyl (C=O) groups is 1. The van der Waals surface area contributed by atoms with Crippen LogP contribution in [0.1, 0.15) is 30.8 Å². The Morgan fingerprint density at radius 3 is 3.04 bits per heavy atom. The van der Waals surface area contributed by atoms with Crippen LogP contribution in [0.25, 0.3) is 0 Å². The zero-order valence-corrected chi connectivity index (χ0v) is 13.3. The van der Waals surface area contributed by atoms with Gasteiger partial charge in [-0.25, -0.2) is 15.0 Å². The maximum absolute atomic E-state index is 12.0. The molecule has 0 spiro atoms. The zero-order chi connectivity index (χ0) is 16.1. The van der Waals surface area contributed by atoms with Crippen molar-refractivity contribution in [3.05, 3.63) is 36.2 Å². The second-order valence-corrected chi connectivity index (χ2v) is 5.86. The summed E-state index contributed by atoms with van der Waals surface area (Å²) in [6.45, 7) is 3.51. The SMILES string of the molecule is Cc1cn2c(n1)CC[C@H](NC(=O)CCCNc1ncccn1)C2. The Labute approximate surface area is 135 Å². The first-order chi connectivity index (χ1) is 11.2. The number of nitrogens with zero attached hydrogens (tertiary/aromatic N) is 4. The molecule has 0 fully saturated rings. The van der Waals surface area contributed by atoms with Crippen molar-refractivity contribution in [2.75, 3.05) is 11.9 Å². The van der Waals surface area contributed by atoms with Crippen molar-refractivity contribution in [2.24, 2.45) is 0 Å². The molecule has 0 saturated heterocycles. The van der Waals surface area contributed by atoms with Crippen molar-refractivity contribution in [1.82, 2.24) is 24.8 Å². The number of nitrogens with one attached hydrogen (secondary N) is 2. The molecule has 1 aliphatic rings. The molecule has 7 nitrogen and oxygen atoms in total. The van der Waals surface area contributed by atoms with Gasteiger partial charge in [0.2, 0.25) is 11.9 Å². The quantitative estimate of drug-likeness (QED) is 0.785. The van der Waals surface area contributed by atoms with Crippen molar-refractivity contribution >= 4 is 11.9 Å². The number of aromatic nitrogens is 4. The van der Waals surface area contributed by atoms with Gasteiger partial charge >= 0.3 is 0 Å². The summed E-state index contributed by atoms with van der Waals surface area (Å²) >= 11 is 0. The largest absolute Gasteiger partial charge is 0.354 e. The zero-order valence-electron chi connectivity index (χ0n) is 13.3. The minimum absolute atomic E-state index is 0.103. The summed E-state index contributed by atoms with van der Waals surface area (Å²) in [7, 11) is 0. The van der Waals surface area contributed by atoms with Gasteiger partial charge in [0, 0.05) is 50.6 Å². The van der Waals surface area contributed by atoms with Crippen LogP contribution >= 0.6 is 0 Å². The highest BCUT2D eigenvalue weighted by Crippen LogP contribution is 2.15. The van der Waals surface area contributed by atoms with Crippen LogP contribution in [-0.4, -0.2) is 38.0 Å². The Bertz CT molecular complexity index is 654. The molecular formula is C16H22N6O. The Balaban J connectivity index is 1.37. The van der Waals surface area contributed by atoms with Gasteiger partial charge < -0.3 is 15.2 Å². The minimum Gasteiger partial charge on any atom is -0.354 e. The molecule has 0 radical (unpaired) electrons. The van der Waals surface area contributed by atoms with Crippen LogP contribution in [-0.2, 0) is 17.8 Å². The van der Waals surface area contributed by atoms with E-state index in [1.807, 2.05) is 6.92 Å². The molecule has 3 heterocycles. The average Bonchev–Trinajstić information content (AvgIpc) is 2.92. The van der Waals surface area contributed by atoms with Crippen LogP contribution in [0.2, 0.25) is 0 Å². The Kier molecular flexibility index (Phi) is 4.85. The fourth-order valence-corrected chi connectivity index (χ4v) is 2.84. The number of fused-ring (bicyclic) bond motifs is 1. The van der Waals surface area contributed by atoms with E-state index in [4.69, 9.17) is 0 Å². The number of amides is 1. The number of imidazole rings is 1. The standard InChI is InChI=1S/C16H22N6O/c1-12-10-22-11-13(5-6-14(22)20-12)21-15(23)4-2-7-17-16-18-8-3-9-19-16/h3,8-10,13H,2,4-7,11H2,1H3,(H,21,23)(H,17,18,19)/t13-/m0/s1. The highest BCUT2D eigenvalue weighted by Gasteiger charge is 2.20. The van der Waals surface area contributed by atoms with Gasteiger partial charge in [-0.2, -0.15) is 0 Å². The molecule has 0 bridgehead atoms. The summed E-state index contributed by atoms with van der Waals surface area (Å²) in [6.07, 6.45) is 8.58. The van der Waals surface area contributed by atoms with Gasteiger partial charge in [-0.1, -0.05) is 0 Å². The van der Waals surface area contributed by atoms with Gasteiger partial charge in [0.15, 0.2) is 0 Å². The molecule has 1 aliphatic heterocycles. The highest BCUT2D eigenvalue weighted by molar-refractivity contribution is 5.76. The lowest BCUT2D eigenvalue weighted by atomic mass is 10.1. The maximum Gasteiger partial charge on any atom is 0.222 e. The monoisotopic (exact) mass is 314 g/mol. The first-order valence-electron chi connectivity index (χ1n) is 8.03. The normalized spacial score (nSPS) is 16.7. The lowest BCUT2D eigenvalue weighted by Gasteiger charge is -2.24. The number of anilines is 1. The van der Waals surface area contributed by atoms with Crippen molar-refractivity contribution < 1.29 is 4.79 Å². The van der Waals surface area contributed by atoms with Crippen LogP contribution in [0.3, 0.4) is 0 Å². The summed E-state index contributed by atoms with van der Waals surface area (Å²) in [6, 6.07) is 1.98. The molecule has 1 amide bonds. The van der Waals surface area contributed by atoms with Crippen LogP contribution in [0, 0.1) is 6.92 Å². The molecule has 2 N–H and O–H groups in total. The maximum atomic E-state index is 12.0. The van der Waals surface area contributed by atoms with Crippen LogP contribution in [0.5, 0.6) is 0 Å². The van der Waals surface area contributed by atoms with Crippen LogP contribution in [0.4, 0.5) is 5.95 Å². The highest BCUT2D eigenvalue weighted by atomic mass is 16.1. The molecular weight excluding hydrogens is 292 g/mol. The minimum atomic E-state index is 0.103. The predicted molar refractivity (Wildman–Crippen MR) is 87.0 cm³/mol. The molecule has 0 unspecified atom stereocenters. The van der Waals surface area contributed by atoms with E-state index in [1.165, 1.54) is 0 Å². The molecule has 0 aromatic carbocycles. The molecule has 1 atom stereocenters. The third kappa shape index (κ3) is 4.28. The molecule has 3 rings (SSSR count). The average molecular weight is 314 g/mol. The molecule has 23 heavy (non-hydrogen) atoms. The molecule has 122 valence electrons. The van der Waals surface area contributed by atoms with E-state index in [0.29, 0.717) is 18.9 Å². The topological polar surface area (TPSA) is 84.7 Å². The van der Waals surface area contributed by atoms with Crippen LogP contribution < -0.4 is 10.6 Å². The fraction of sp³-hybridized carbons (Fsp3) is 0.500. The molecule has 0 aliphatic carbocycles. The number of hydrogen-bond acceptors (Lipinski definition) is 5. The number of carbonyl (C=O) groups excluding carboxylic acids is 1. The van der Waals surface area contributed by atoms with E-state index in [2.05, 4.69) is 36.3 Å². The number of aryl methyl sites for hydroxylation is 2. The fourth-order valence-electron chi connectivity index (χ4n) is 2.84. The molecule has 2 aromatic heterocycles. The van der Waals surface area contributed by atoms with Gasteiger partial charge in [0.1, 0.15) is 5.82 Å². The van der Waals surface area contributed by atoms with E-state index in [9.17, 15) is 4.79 Å². The van der Waals surface area contributed by atoms with E-state index in [-0.39, 0.29) is 11.9 Å². The smallest absolute Gasteiger partial charge is 0.222 e. The number of rotatable bonds is 6. The second kappa shape index (κ2) is 7.21. The van der Waals surface area contributed by atoms with E-state index < -0.39 is 0 Å². The van der Waals surface area contributed by atoms with Crippen molar-refractivity contribution in [1.29, 1.82) is 0 Å². The van der Waals surface area contributed by atoms with Gasteiger partial charge in [0.25, 0.3) is 0 Å². The summed E-state index contributed by atoms with van der Waals surface area (Å²) < 4.78 is 2.15. The Morgan fingerprint density at radius 1 is 1.39 bits per heavy atom. The van der Waals surface area contributed by atoms with Crippen molar-refractivity contribution in [3.63, 3.8) is 0 Å². The van der Waals surface area contributed by atoms with Gasteiger partial charge in [-0.05, 0) is 25.8 Å². The summed E-state index contributed by atoms with van der Waals surface area (Å²) in [5.41, 5.74) is 1.04. The van der Waals surface area contributed by atoms with E-state index in [0.717, 1.165) is 37.3 Å². The first kappa shape index (κ1) is 15.5. The first-order valence-corrected chi connectivity index (χ1v) is 8.03. The van der Waals surface area contributed by atoms with Gasteiger partial charge in [-0.15, -0.1) is 0 Å². The van der Waals surface area contributed by atoms with Crippen molar-refractivity contribution in [2.45, 2.75) is 45.2 Å². The third-order valence-electron chi connectivity index (χ3n) is 3.91. The molecule has 0 saturated carbocycles. The second-order valence-electron chi connectivity index (χ2n) is 5.86. The third-order valence-corrected chi connectivity index (χ3v) is 3.91. The van der Waals surface area contributed by atoms with Gasteiger partial charge in [-0.3, -0.25) is 4.79 Å². The Hall–Kier alpha value is -2.44. The Morgan fingerprint density at radius 2 is 2.22 bits per heavy atom. The van der Waals surface area contributed by atoms with Gasteiger partial charge in [0.05, 0.1) is 5.69 Å². The molecule has 2 aromatic rings. The summed E-state index contributed by atoms with van der Waals surface area (Å²) in [5, 5.41) is 6.23. The van der Waals surface area contributed by atoms with Crippen molar-refractivity contribution in [3.8, 4) is 0 Å². The summed E-state index contributed by atoms with van der Waals surface area (Å²) in [5.74, 6) is 1.83. The van der Waals surface area contributed by atoms with E-state index in [1.54, 1.807) is 18.5 Å². The molecule has 7 heteroatoms. The summed E-state index contributed by atoms with van der Waals surface area (Å²) in [4.78, 5) is 24.7. The van der Waals surface area contributed by atoms with E-state index >= 15 is 0 Å². The lowest BCUT2D eigenvalue weighted by Crippen LogP contribution is -2.40. The lowest BCUT2D eigenvalue weighted by molar-refractivity contribution is -0.122. The van der Waals surface area contributed by atoms with Crippen LogP contribution in [0.15, 0.2) is 24.7 Å². The predicted octanol–water partition coefficient (Wildman–Crippen LogP) is 1.30. The number of hydrogen-bond donors (Lipinski definition) is 2.